The van der Waals surface area contributed by atoms with Crippen LogP contribution in [0.5, 0.6) is 5.75 Å². The van der Waals surface area contributed by atoms with Gasteiger partial charge in [-0.1, -0.05) is 29.8 Å². The van der Waals surface area contributed by atoms with Crippen LogP contribution in [0, 0.1) is 12.8 Å². The number of benzene rings is 2. The quantitative estimate of drug-likeness (QED) is 0.494. The number of ether oxygens (including phenoxy) is 2. The van der Waals surface area contributed by atoms with E-state index in [9.17, 15) is 14.4 Å². The average molecular weight is 424 g/mol. The van der Waals surface area contributed by atoms with Crippen LogP contribution in [0.4, 0.5) is 5.69 Å². The van der Waals surface area contributed by atoms with Crippen molar-refractivity contribution in [3.05, 3.63) is 59.7 Å². The molecular formula is C24H28N2O5. The molecule has 1 fully saturated rings. The fraction of sp³-hybridized carbons (Fsp3) is 0.375. The van der Waals surface area contributed by atoms with Crippen LogP contribution in [0.25, 0.3) is 0 Å². The lowest BCUT2D eigenvalue weighted by molar-refractivity contribution is -0.148. The Bertz CT molecular complexity index is 909. The molecule has 0 spiro atoms. The van der Waals surface area contributed by atoms with Crippen LogP contribution in [0.2, 0.25) is 0 Å². The summed E-state index contributed by atoms with van der Waals surface area (Å²) in [5.41, 5.74) is 3.02. The zero-order valence-corrected chi connectivity index (χ0v) is 17.9. The summed E-state index contributed by atoms with van der Waals surface area (Å²) in [6.45, 7) is 2.65. The van der Waals surface area contributed by atoms with E-state index in [0.29, 0.717) is 18.6 Å². The smallest absolute Gasteiger partial charge is 0.311 e. The molecule has 1 saturated heterocycles. The molecule has 1 aliphatic rings. The summed E-state index contributed by atoms with van der Waals surface area (Å²) in [4.78, 5) is 38.2. The Labute approximate surface area is 182 Å². The summed E-state index contributed by atoms with van der Waals surface area (Å²) in [5.74, 6) is -0.424. The Morgan fingerprint density at radius 3 is 2.48 bits per heavy atom. The molecule has 1 unspecified atom stereocenters. The molecule has 1 N–H and O–H groups in total. The summed E-state index contributed by atoms with van der Waals surface area (Å²) in [6.07, 6.45) is 1.16. The number of amides is 2. The Hall–Kier alpha value is -3.35. The number of methoxy groups -OCH3 is 1. The van der Waals surface area contributed by atoms with Crippen LogP contribution in [0.3, 0.4) is 0 Å². The van der Waals surface area contributed by atoms with Crippen molar-refractivity contribution in [1.29, 1.82) is 0 Å². The maximum absolute atomic E-state index is 12.3. The van der Waals surface area contributed by atoms with E-state index < -0.39 is 11.9 Å². The molecule has 2 aromatic carbocycles. The molecule has 1 atom stereocenters. The normalized spacial score (nSPS) is 15.6. The number of carbonyl (C=O) groups is 3. The van der Waals surface area contributed by atoms with Gasteiger partial charge in [0.15, 0.2) is 0 Å². The van der Waals surface area contributed by atoms with Gasteiger partial charge in [-0.3, -0.25) is 14.4 Å². The molecule has 0 aromatic heterocycles. The maximum Gasteiger partial charge on any atom is 0.311 e. The fourth-order valence-electron chi connectivity index (χ4n) is 3.44. The van der Waals surface area contributed by atoms with Gasteiger partial charge in [-0.25, -0.2) is 0 Å². The number of carbonyl (C=O) groups excluding carboxylic acids is 3. The monoisotopic (exact) mass is 424 g/mol. The Morgan fingerprint density at radius 1 is 1.10 bits per heavy atom. The van der Waals surface area contributed by atoms with Gasteiger partial charge >= 0.3 is 5.97 Å². The number of hydrogen-bond donors (Lipinski definition) is 1. The molecule has 2 aromatic rings. The first-order valence-corrected chi connectivity index (χ1v) is 10.4. The van der Waals surface area contributed by atoms with Crippen LogP contribution >= 0.6 is 0 Å². The van der Waals surface area contributed by atoms with Gasteiger partial charge in [-0.05, 0) is 43.2 Å². The van der Waals surface area contributed by atoms with Gasteiger partial charge in [0.05, 0.1) is 19.6 Å². The topological polar surface area (TPSA) is 84.9 Å². The average Bonchev–Trinajstić information content (AvgIpc) is 3.18. The molecule has 7 nitrogen and oxygen atoms in total. The van der Waals surface area contributed by atoms with Crippen molar-refractivity contribution >= 4 is 23.5 Å². The number of nitrogens with zero attached hydrogens (tertiary/aromatic N) is 1. The van der Waals surface area contributed by atoms with Crippen molar-refractivity contribution in [2.45, 2.75) is 26.2 Å². The van der Waals surface area contributed by atoms with Crippen LogP contribution in [-0.2, 0) is 25.5 Å². The number of aryl methyl sites for hydroxylation is 2. The van der Waals surface area contributed by atoms with Crippen LogP contribution in [0.1, 0.15) is 24.0 Å². The SMILES string of the molecule is COc1ccc(N2CC(C(=O)OCCNC(=O)CCc3ccc(C)cc3)CC2=O)cc1. The number of rotatable bonds is 9. The third kappa shape index (κ3) is 6.31. The van der Waals surface area contributed by atoms with Gasteiger partial charge < -0.3 is 19.7 Å². The Kier molecular flexibility index (Phi) is 7.65. The van der Waals surface area contributed by atoms with Crippen molar-refractivity contribution < 1.29 is 23.9 Å². The number of esters is 1. The van der Waals surface area contributed by atoms with Gasteiger partial charge in [0.25, 0.3) is 0 Å². The molecule has 0 radical (unpaired) electrons. The molecular weight excluding hydrogens is 396 g/mol. The highest BCUT2D eigenvalue weighted by Crippen LogP contribution is 2.27. The molecule has 3 rings (SSSR count). The highest BCUT2D eigenvalue weighted by Gasteiger charge is 2.36. The van der Waals surface area contributed by atoms with Crippen LogP contribution < -0.4 is 15.0 Å². The molecule has 7 heteroatoms. The minimum Gasteiger partial charge on any atom is -0.497 e. The first-order valence-electron chi connectivity index (χ1n) is 10.4. The Balaban J connectivity index is 1.36. The van der Waals surface area contributed by atoms with E-state index >= 15 is 0 Å². The summed E-state index contributed by atoms with van der Waals surface area (Å²) >= 11 is 0. The van der Waals surface area contributed by atoms with Crippen LogP contribution in [-0.4, -0.2) is 44.6 Å². The lowest BCUT2D eigenvalue weighted by Crippen LogP contribution is -2.30. The molecule has 1 heterocycles. The molecule has 2 amide bonds. The lowest BCUT2D eigenvalue weighted by Gasteiger charge is -2.17. The van der Waals surface area contributed by atoms with Crippen molar-refractivity contribution in [2.75, 3.05) is 31.7 Å². The number of nitrogens with one attached hydrogen (secondary N) is 1. The van der Waals surface area contributed by atoms with Gasteiger partial charge in [0, 0.05) is 25.1 Å². The van der Waals surface area contributed by atoms with E-state index in [4.69, 9.17) is 9.47 Å². The summed E-state index contributed by atoms with van der Waals surface area (Å²) in [5, 5.41) is 2.76. The second-order valence-electron chi connectivity index (χ2n) is 7.61. The minimum absolute atomic E-state index is 0.0849. The van der Waals surface area contributed by atoms with Gasteiger partial charge in [-0.15, -0.1) is 0 Å². The third-order valence-corrected chi connectivity index (χ3v) is 5.27. The second-order valence-corrected chi connectivity index (χ2v) is 7.61. The van der Waals surface area contributed by atoms with E-state index in [-0.39, 0.29) is 37.9 Å². The van der Waals surface area contributed by atoms with Crippen LogP contribution in [0.15, 0.2) is 48.5 Å². The summed E-state index contributed by atoms with van der Waals surface area (Å²) < 4.78 is 10.4. The van der Waals surface area contributed by atoms with Gasteiger partial charge in [-0.2, -0.15) is 0 Å². The summed E-state index contributed by atoms with van der Waals surface area (Å²) in [6, 6.07) is 15.2. The molecule has 164 valence electrons. The second kappa shape index (κ2) is 10.6. The zero-order chi connectivity index (χ0) is 22.2. The largest absolute Gasteiger partial charge is 0.497 e. The highest BCUT2D eigenvalue weighted by molar-refractivity contribution is 5.99. The predicted molar refractivity (Wildman–Crippen MR) is 117 cm³/mol. The lowest BCUT2D eigenvalue weighted by atomic mass is 10.1. The molecule has 31 heavy (non-hydrogen) atoms. The van der Waals surface area contributed by atoms with Crippen molar-refractivity contribution in [3.63, 3.8) is 0 Å². The summed E-state index contributed by atoms with van der Waals surface area (Å²) in [7, 11) is 1.58. The van der Waals surface area contributed by atoms with E-state index in [2.05, 4.69) is 5.32 Å². The standard InChI is InChI=1S/C24H28N2O5/c1-17-3-5-18(6-4-17)7-12-22(27)25-13-14-31-24(29)19-15-23(28)26(16-19)20-8-10-21(30-2)11-9-20/h3-6,8-11,19H,7,12-16H2,1-2H3,(H,25,27). The maximum atomic E-state index is 12.3. The zero-order valence-electron chi connectivity index (χ0n) is 17.9. The molecule has 0 bridgehead atoms. The highest BCUT2D eigenvalue weighted by atomic mass is 16.5. The number of anilines is 1. The molecule has 0 saturated carbocycles. The van der Waals surface area contributed by atoms with Gasteiger partial charge in [0.2, 0.25) is 11.8 Å². The first-order chi connectivity index (χ1) is 15.0. The van der Waals surface area contributed by atoms with E-state index in [0.717, 1.165) is 11.3 Å². The third-order valence-electron chi connectivity index (χ3n) is 5.27. The van der Waals surface area contributed by atoms with Gasteiger partial charge in [0.1, 0.15) is 12.4 Å². The van der Waals surface area contributed by atoms with E-state index in [1.165, 1.54) is 5.56 Å². The van der Waals surface area contributed by atoms with Crippen molar-refractivity contribution in [1.82, 2.24) is 5.32 Å². The number of hydrogen-bond acceptors (Lipinski definition) is 5. The minimum atomic E-state index is -0.508. The molecule has 0 aliphatic carbocycles. The predicted octanol–water partition coefficient (Wildman–Crippen LogP) is 2.65. The van der Waals surface area contributed by atoms with E-state index in [1.54, 1.807) is 36.3 Å². The van der Waals surface area contributed by atoms with E-state index in [1.807, 2.05) is 31.2 Å². The fourth-order valence-corrected chi connectivity index (χ4v) is 3.44. The van der Waals surface area contributed by atoms with Crippen molar-refractivity contribution in [2.24, 2.45) is 5.92 Å². The Morgan fingerprint density at radius 2 is 1.81 bits per heavy atom. The molecule has 1 aliphatic heterocycles. The van der Waals surface area contributed by atoms with Crippen molar-refractivity contribution in [3.8, 4) is 5.75 Å². The first kappa shape index (κ1) is 22.3.